The molecule has 0 bridgehead atoms. The molecule has 0 spiro atoms. The van der Waals surface area contributed by atoms with E-state index in [1.807, 2.05) is 11.3 Å². The lowest BCUT2D eigenvalue weighted by molar-refractivity contribution is 0.173. The van der Waals surface area contributed by atoms with Crippen LogP contribution < -0.4 is 5.32 Å². The third-order valence-corrected chi connectivity index (χ3v) is 5.26. The largest absolute Gasteiger partial charge is 0.313 e. The minimum atomic E-state index is 0.590. The molecule has 2 heterocycles. The Kier molecular flexibility index (Phi) is 6.49. The molecule has 1 aromatic heterocycles. The van der Waals surface area contributed by atoms with E-state index in [0.29, 0.717) is 12.1 Å². The summed E-state index contributed by atoms with van der Waals surface area (Å²) in [5.74, 6) is 0. The third-order valence-electron chi connectivity index (χ3n) is 4.33. The fourth-order valence-corrected chi connectivity index (χ4v) is 3.91. The standard InChI is InChI=1S/C16H29N3S/c1-4-17-15(9-8-14-7-5-12-20-14)16-13-18(2)10-6-11-19(16)3/h5,7,12,15-17H,4,6,8-11,13H2,1-3H3. The second-order valence-corrected chi connectivity index (χ2v) is 6.98. The number of aryl methyl sites for hydroxylation is 1. The summed E-state index contributed by atoms with van der Waals surface area (Å²) >= 11 is 1.88. The molecule has 4 heteroatoms. The first-order valence-corrected chi connectivity index (χ1v) is 8.73. The molecule has 1 aromatic rings. The Morgan fingerprint density at radius 2 is 2.25 bits per heavy atom. The second-order valence-electron chi connectivity index (χ2n) is 5.95. The van der Waals surface area contributed by atoms with E-state index in [1.165, 1.54) is 43.8 Å². The molecule has 0 amide bonds. The van der Waals surface area contributed by atoms with Gasteiger partial charge in [0, 0.05) is 23.5 Å². The quantitative estimate of drug-likeness (QED) is 0.869. The van der Waals surface area contributed by atoms with Crippen molar-refractivity contribution in [2.45, 2.75) is 38.3 Å². The minimum Gasteiger partial charge on any atom is -0.313 e. The summed E-state index contributed by atoms with van der Waals surface area (Å²) < 4.78 is 0. The summed E-state index contributed by atoms with van der Waals surface area (Å²) in [6.07, 6.45) is 3.72. The van der Waals surface area contributed by atoms with Crippen LogP contribution in [0.2, 0.25) is 0 Å². The van der Waals surface area contributed by atoms with Gasteiger partial charge in [-0.15, -0.1) is 11.3 Å². The van der Waals surface area contributed by atoms with Crippen LogP contribution in [0, 0.1) is 0 Å². The van der Waals surface area contributed by atoms with Crippen LogP contribution in [-0.2, 0) is 6.42 Å². The van der Waals surface area contributed by atoms with Gasteiger partial charge in [0.1, 0.15) is 0 Å². The maximum Gasteiger partial charge on any atom is 0.0373 e. The van der Waals surface area contributed by atoms with Gasteiger partial charge in [-0.2, -0.15) is 0 Å². The summed E-state index contributed by atoms with van der Waals surface area (Å²) in [7, 11) is 4.55. The highest BCUT2D eigenvalue weighted by atomic mass is 32.1. The van der Waals surface area contributed by atoms with Gasteiger partial charge >= 0.3 is 0 Å². The topological polar surface area (TPSA) is 18.5 Å². The normalized spacial score (nSPS) is 23.6. The van der Waals surface area contributed by atoms with Crippen LogP contribution in [0.3, 0.4) is 0 Å². The van der Waals surface area contributed by atoms with E-state index < -0.39 is 0 Å². The van der Waals surface area contributed by atoms with Crippen molar-refractivity contribution in [2.24, 2.45) is 0 Å². The van der Waals surface area contributed by atoms with Crippen LogP contribution in [0.1, 0.15) is 24.6 Å². The molecule has 1 N–H and O–H groups in total. The molecule has 0 aromatic carbocycles. The highest BCUT2D eigenvalue weighted by Gasteiger charge is 2.27. The van der Waals surface area contributed by atoms with Crippen LogP contribution in [0.5, 0.6) is 0 Å². The van der Waals surface area contributed by atoms with Crippen LogP contribution in [0.4, 0.5) is 0 Å². The zero-order valence-electron chi connectivity index (χ0n) is 13.1. The highest BCUT2D eigenvalue weighted by molar-refractivity contribution is 7.09. The van der Waals surface area contributed by atoms with Crippen molar-refractivity contribution in [3.63, 3.8) is 0 Å². The van der Waals surface area contributed by atoms with Crippen molar-refractivity contribution in [3.05, 3.63) is 22.4 Å². The molecule has 1 fully saturated rings. The monoisotopic (exact) mass is 295 g/mol. The van der Waals surface area contributed by atoms with E-state index in [2.05, 4.69) is 53.6 Å². The molecule has 1 aliphatic heterocycles. The molecule has 0 saturated carbocycles. The zero-order chi connectivity index (χ0) is 14.4. The lowest BCUT2D eigenvalue weighted by Gasteiger charge is -2.35. The molecule has 2 unspecified atom stereocenters. The van der Waals surface area contributed by atoms with E-state index in [1.54, 1.807) is 0 Å². The van der Waals surface area contributed by atoms with Crippen LogP contribution >= 0.6 is 11.3 Å². The summed E-state index contributed by atoms with van der Waals surface area (Å²) in [4.78, 5) is 6.56. The molecule has 3 nitrogen and oxygen atoms in total. The number of rotatable bonds is 6. The number of likely N-dealkylation sites (N-methyl/N-ethyl adjacent to an activating group) is 3. The fraction of sp³-hybridized carbons (Fsp3) is 0.750. The Bertz CT molecular complexity index is 366. The zero-order valence-corrected chi connectivity index (χ0v) is 14.0. The van der Waals surface area contributed by atoms with E-state index in [9.17, 15) is 0 Å². The molecular formula is C16H29N3S. The Hall–Kier alpha value is -0.420. The van der Waals surface area contributed by atoms with Gasteiger partial charge in [0.15, 0.2) is 0 Å². The van der Waals surface area contributed by atoms with Gasteiger partial charge in [-0.3, -0.25) is 0 Å². The van der Waals surface area contributed by atoms with E-state index in [4.69, 9.17) is 0 Å². The molecule has 2 atom stereocenters. The number of nitrogens with zero attached hydrogens (tertiary/aromatic N) is 2. The van der Waals surface area contributed by atoms with Crippen molar-refractivity contribution in [1.82, 2.24) is 15.1 Å². The maximum atomic E-state index is 3.73. The Balaban J connectivity index is 1.97. The summed E-state index contributed by atoms with van der Waals surface area (Å²) in [6.45, 7) is 6.90. The average molecular weight is 295 g/mol. The Morgan fingerprint density at radius 1 is 1.40 bits per heavy atom. The maximum absolute atomic E-state index is 3.73. The Morgan fingerprint density at radius 3 is 2.95 bits per heavy atom. The number of hydrogen-bond acceptors (Lipinski definition) is 4. The molecule has 114 valence electrons. The molecule has 1 saturated heterocycles. The fourth-order valence-electron chi connectivity index (χ4n) is 3.19. The molecule has 2 rings (SSSR count). The van der Waals surface area contributed by atoms with Crippen molar-refractivity contribution in [2.75, 3.05) is 40.3 Å². The minimum absolute atomic E-state index is 0.590. The van der Waals surface area contributed by atoms with Gasteiger partial charge in [0.25, 0.3) is 0 Å². The second kappa shape index (κ2) is 8.13. The molecule has 0 radical (unpaired) electrons. The first-order valence-electron chi connectivity index (χ1n) is 7.85. The van der Waals surface area contributed by atoms with Gasteiger partial charge in [-0.25, -0.2) is 0 Å². The van der Waals surface area contributed by atoms with Gasteiger partial charge in [0.2, 0.25) is 0 Å². The van der Waals surface area contributed by atoms with Gasteiger partial charge < -0.3 is 15.1 Å². The first kappa shape index (κ1) is 16.0. The third kappa shape index (κ3) is 4.55. The molecular weight excluding hydrogens is 266 g/mol. The van der Waals surface area contributed by atoms with Crippen molar-refractivity contribution in [3.8, 4) is 0 Å². The van der Waals surface area contributed by atoms with Crippen molar-refractivity contribution < 1.29 is 0 Å². The van der Waals surface area contributed by atoms with Crippen LogP contribution in [-0.4, -0.2) is 62.2 Å². The predicted octanol–water partition coefficient (Wildman–Crippen LogP) is 2.29. The van der Waals surface area contributed by atoms with E-state index in [-0.39, 0.29) is 0 Å². The number of nitrogens with one attached hydrogen (secondary N) is 1. The predicted molar refractivity (Wildman–Crippen MR) is 88.6 cm³/mol. The average Bonchev–Trinajstić information content (AvgIpc) is 2.88. The molecule has 0 aliphatic carbocycles. The van der Waals surface area contributed by atoms with Gasteiger partial charge in [-0.1, -0.05) is 13.0 Å². The van der Waals surface area contributed by atoms with Crippen LogP contribution in [0.25, 0.3) is 0 Å². The summed E-state index contributed by atoms with van der Waals surface area (Å²) in [5, 5.41) is 5.91. The first-order chi connectivity index (χ1) is 9.70. The van der Waals surface area contributed by atoms with Gasteiger partial charge in [0.05, 0.1) is 0 Å². The summed E-state index contributed by atoms with van der Waals surface area (Å²) in [5.41, 5.74) is 0. The van der Waals surface area contributed by atoms with E-state index >= 15 is 0 Å². The lowest BCUT2D eigenvalue weighted by Crippen LogP contribution is -2.52. The van der Waals surface area contributed by atoms with Crippen LogP contribution in [0.15, 0.2) is 17.5 Å². The van der Waals surface area contributed by atoms with Gasteiger partial charge in [-0.05, 0) is 64.4 Å². The lowest BCUT2D eigenvalue weighted by atomic mass is 10.0. The summed E-state index contributed by atoms with van der Waals surface area (Å²) in [6, 6.07) is 5.64. The van der Waals surface area contributed by atoms with E-state index in [0.717, 1.165) is 6.54 Å². The highest BCUT2D eigenvalue weighted by Crippen LogP contribution is 2.17. The Labute approximate surface area is 128 Å². The smallest absolute Gasteiger partial charge is 0.0373 e. The molecule has 20 heavy (non-hydrogen) atoms. The van der Waals surface area contributed by atoms with Crippen molar-refractivity contribution >= 4 is 11.3 Å². The number of hydrogen-bond donors (Lipinski definition) is 1. The SMILES string of the molecule is CCNC(CCc1cccs1)C1CN(C)CCCN1C. The van der Waals surface area contributed by atoms with Crippen molar-refractivity contribution in [1.29, 1.82) is 0 Å². The molecule has 1 aliphatic rings. The number of thiophene rings is 1.